The third-order valence-electron chi connectivity index (χ3n) is 3.50. The van der Waals surface area contributed by atoms with Crippen molar-refractivity contribution in [3.8, 4) is 5.75 Å². The lowest BCUT2D eigenvalue weighted by Gasteiger charge is -2.21. The van der Waals surface area contributed by atoms with Gasteiger partial charge in [0.1, 0.15) is 0 Å². The Kier molecular flexibility index (Phi) is 9.14. The van der Waals surface area contributed by atoms with Gasteiger partial charge >= 0.3 is 6.36 Å². The largest absolute Gasteiger partial charge is 0.573 e. The minimum absolute atomic E-state index is 0. The zero-order chi connectivity index (χ0) is 22.6. The number of aliphatic imine (C=N–C) groups is 1. The predicted molar refractivity (Wildman–Crippen MR) is 124 cm³/mol. The fourth-order valence-corrected chi connectivity index (χ4v) is 4.14. The standard InChI is InChI=1S/C19H23F3N4O3S.HI/c1-18(2,3)26-30(27,28)16-11-7-4-8-13(16)12-24-17(23)25-14-9-5-6-10-15(14)29-19(20,21)22;/h4-11,26H,12H2,1-3H3,(H3,23,24,25);1H. The van der Waals surface area contributed by atoms with Crippen molar-refractivity contribution >= 4 is 45.6 Å². The lowest BCUT2D eigenvalue weighted by atomic mass is 10.1. The van der Waals surface area contributed by atoms with E-state index in [1.54, 1.807) is 39.0 Å². The average molecular weight is 572 g/mol. The lowest BCUT2D eigenvalue weighted by Crippen LogP contribution is -2.40. The van der Waals surface area contributed by atoms with Crippen LogP contribution >= 0.6 is 24.0 Å². The molecular weight excluding hydrogens is 548 g/mol. The highest BCUT2D eigenvalue weighted by atomic mass is 127. The monoisotopic (exact) mass is 572 g/mol. The first kappa shape index (κ1) is 27.0. The van der Waals surface area contributed by atoms with Gasteiger partial charge in [-0.25, -0.2) is 18.1 Å². The molecule has 172 valence electrons. The molecule has 7 nitrogen and oxygen atoms in total. The van der Waals surface area contributed by atoms with Gasteiger partial charge in [-0.05, 0) is 44.5 Å². The van der Waals surface area contributed by atoms with Crippen LogP contribution < -0.4 is 20.5 Å². The Balaban J connectivity index is 0.00000480. The number of hydrogen-bond donors (Lipinski definition) is 3. The maximum atomic E-state index is 12.7. The van der Waals surface area contributed by atoms with Gasteiger partial charge in [0.25, 0.3) is 0 Å². The van der Waals surface area contributed by atoms with Crippen LogP contribution in [0.15, 0.2) is 58.4 Å². The number of para-hydroxylation sites is 2. The maximum absolute atomic E-state index is 12.7. The molecule has 0 amide bonds. The zero-order valence-electron chi connectivity index (χ0n) is 17.0. The first-order valence-electron chi connectivity index (χ1n) is 8.80. The second-order valence-corrected chi connectivity index (χ2v) is 8.98. The topological polar surface area (TPSA) is 106 Å². The van der Waals surface area contributed by atoms with Crippen molar-refractivity contribution in [1.29, 1.82) is 0 Å². The average Bonchev–Trinajstić information content (AvgIpc) is 2.59. The summed E-state index contributed by atoms with van der Waals surface area (Å²) in [6.45, 7) is 5.04. The van der Waals surface area contributed by atoms with E-state index >= 15 is 0 Å². The summed E-state index contributed by atoms with van der Waals surface area (Å²) in [5, 5.41) is 2.54. The van der Waals surface area contributed by atoms with Crippen LogP contribution in [0.2, 0.25) is 0 Å². The van der Waals surface area contributed by atoms with E-state index in [1.807, 2.05) is 0 Å². The Hall–Kier alpha value is -2.06. The number of guanidine groups is 1. The third kappa shape index (κ3) is 8.91. The molecule has 0 heterocycles. The van der Waals surface area contributed by atoms with E-state index in [2.05, 4.69) is 19.8 Å². The quantitative estimate of drug-likeness (QED) is 0.274. The molecule has 0 aromatic heterocycles. The molecule has 0 fully saturated rings. The first-order chi connectivity index (χ1) is 13.8. The van der Waals surface area contributed by atoms with Crippen molar-refractivity contribution in [2.75, 3.05) is 5.32 Å². The number of nitrogens with one attached hydrogen (secondary N) is 2. The summed E-state index contributed by atoms with van der Waals surface area (Å²) in [5.41, 5.74) is 5.44. The fourth-order valence-electron chi connectivity index (χ4n) is 2.49. The van der Waals surface area contributed by atoms with Gasteiger partial charge in [-0.3, -0.25) is 0 Å². The SMILES string of the molecule is CC(C)(C)NS(=O)(=O)c1ccccc1CN=C(N)Nc1ccccc1OC(F)(F)F.I. The summed E-state index contributed by atoms with van der Waals surface area (Å²) >= 11 is 0. The van der Waals surface area contributed by atoms with E-state index < -0.39 is 27.7 Å². The molecule has 0 aliphatic carbocycles. The molecule has 12 heteroatoms. The van der Waals surface area contributed by atoms with Gasteiger partial charge in [-0.2, -0.15) is 0 Å². The highest BCUT2D eigenvalue weighted by molar-refractivity contribution is 14.0. The number of sulfonamides is 1. The summed E-state index contributed by atoms with van der Waals surface area (Å²) in [7, 11) is -3.81. The van der Waals surface area contributed by atoms with E-state index in [4.69, 9.17) is 5.73 Å². The van der Waals surface area contributed by atoms with E-state index in [-0.39, 0.29) is 47.1 Å². The number of nitrogens with two attached hydrogens (primary N) is 1. The molecule has 0 saturated carbocycles. The molecule has 2 aromatic carbocycles. The van der Waals surface area contributed by atoms with Gasteiger partial charge in [-0.15, -0.1) is 37.1 Å². The van der Waals surface area contributed by atoms with E-state index in [0.29, 0.717) is 5.56 Å². The van der Waals surface area contributed by atoms with Crippen LogP contribution in [0.25, 0.3) is 0 Å². The Morgan fingerprint density at radius 1 is 1.06 bits per heavy atom. The second-order valence-electron chi connectivity index (χ2n) is 7.33. The molecule has 0 atom stereocenters. The Labute approximate surface area is 196 Å². The summed E-state index contributed by atoms with van der Waals surface area (Å²) in [6.07, 6.45) is -4.86. The number of rotatable bonds is 6. The molecular formula is C19H24F3IN4O3S. The number of halogens is 4. The predicted octanol–water partition coefficient (Wildman–Crippen LogP) is 4.21. The van der Waals surface area contributed by atoms with E-state index in [1.165, 1.54) is 24.3 Å². The number of ether oxygens (including phenoxy) is 1. The van der Waals surface area contributed by atoms with Crippen molar-refractivity contribution in [2.45, 2.75) is 44.1 Å². The molecule has 31 heavy (non-hydrogen) atoms. The number of anilines is 1. The highest BCUT2D eigenvalue weighted by Gasteiger charge is 2.32. The normalized spacial score (nSPS) is 12.8. The summed E-state index contributed by atoms with van der Waals surface area (Å²) in [5.74, 6) is -0.676. The van der Waals surface area contributed by atoms with Crippen molar-refractivity contribution in [2.24, 2.45) is 10.7 Å². The van der Waals surface area contributed by atoms with Crippen LogP contribution in [0.1, 0.15) is 26.3 Å². The summed E-state index contributed by atoms with van der Waals surface area (Å²) in [6, 6.07) is 11.6. The van der Waals surface area contributed by atoms with Crippen LogP contribution in [0.4, 0.5) is 18.9 Å². The van der Waals surface area contributed by atoms with Crippen LogP contribution in [-0.2, 0) is 16.6 Å². The molecule has 2 aromatic rings. The van der Waals surface area contributed by atoms with Crippen molar-refractivity contribution in [3.05, 3.63) is 54.1 Å². The highest BCUT2D eigenvalue weighted by Crippen LogP contribution is 2.29. The minimum Gasteiger partial charge on any atom is -0.404 e. The maximum Gasteiger partial charge on any atom is 0.573 e. The number of hydrogen-bond acceptors (Lipinski definition) is 4. The Bertz CT molecular complexity index is 1020. The van der Waals surface area contributed by atoms with Gasteiger partial charge in [0.15, 0.2) is 11.7 Å². The third-order valence-corrected chi connectivity index (χ3v) is 5.36. The summed E-state index contributed by atoms with van der Waals surface area (Å²) in [4.78, 5) is 4.09. The second kappa shape index (κ2) is 10.5. The Morgan fingerprint density at radius 3 is 2.26 bits per heavy atom. The molecule has 0 radical (unpaired) electrons. The van der Waals surface area contributed by atoms with E-state index in [0.717, 1.165) is 6.07 Å². The Morgan fingerprint density at radius 2 is 1.65 bits per heavy atom. The molecule has 0 saturated heterocycles. The van der Waals surface area contributed by atoms with Gasteiger partial charge in [-0.1, -0.05) is 30.3 Å². The zero-order valence-corrected chi connectivity index (χ0v) is 20.2. The molecule has 2 rings (SSSR count). The molecule has 4 N–H and O–H groups in total. The minimum atomic E-state index is -4.86. The van der Waals surface area contributed by atoms with E-state index in [9.17, 15) is 21.6 Å². The summed E-state index contributed by atoms with van der Waals surface area (Å²) < 4.78 is 69.4. The number of benzene rings is 2. The van der Waals surface area contributed by atoms with Gasteiger partial charge in [0.2, 0.25) is 10.0 Å². The van der Waals surface area contributed by atoms with Crippen LogP contribution in [0, 0.1) is 0 Å². The van der Waals surface area contributed by atoms with Gasteiger partial charge in [0, 0.05) is 5.54 Å². The molecule has 0 spiro atoms. The van der Waals surface area contributed by atoms with Crippen LogP contribution in [0.3, 0.4) is 0 Å². The fraction of sp³-hybridized carbons (Fsp3) is 0.316. The van der Waals surface area contributed by atoms with Gasteiger partial charge < -0.3 is 15.8 Å². The smallest absolute Gasteiger partial charge is 0.404 e. The van der Waals surface area contributed by atoms with Crippen molar-refractivity contribution < 1.29 is 26.3 Å². The van der Waals surface area contributed by atoms with Crippen molar-refractivity contribution in [3.63, 3.8) is 0 Å². The molecule has 0 unspecified atom stereocenters. The van der Waals surface area contributed by atoms with Gasteiger partial charge in [0.05, 0.1) is 17.1 Å². The first-order valence-corrected chi connectivity index (χ1v) is 10.3. The lowest BCUT2D eigenvalue weighted by molar-refractivity contribution is -0.274. The molecule has 0 aliphatic rings. The van der Waals surface area contributed by atoms with Crippen LogP contribution in [0.5, 0.6) is 5.75 Å². The number of nitrogens with zero attached hydrogens (tertiary/aromatic N) is 1. The number of alkyl halides is 3. The van der Waals surface area contributed by atoms with Crippen molar-refractivity contribution in [1.82, 2.24) is 4.72 Å². The molecule has 0 bridgehead atoms. The molecule has 0 aliphatic heterocycles. The van der Waals surface area contributed by atoms with Crippen LogP contribution in [-0.4, -0.2) is 26.3 Å².